The van der Waals surface area contributed by atoms with E-state index in [4.69, 9.17) is 33.4 Å². The fourth-order valence-electron chi connectivity index (χ4n) is 7.45. The molecule has 0 fully saturated rings. The van der Waals surface area contributed by atoms with Crippen molar-refractivity contribution in [2.24, 2.45) is 28.1 Å². The van der Waals surface area contributed by atoms with Gasteiger partial charge >= 0.3 is 0 Å². The normalized spacial score (nSPS) is 15.1. The molecule has 0 aliphatic rings. The summed E-state index contributed by atoms with van der Waals surface area (Å²) in [5.41, 5.74) is 24.1. The second kappa shape index (κ2) is 33.0. The van der Waals surface area contributed by atoms with Crippen molar-refractivity contribution in [3.63, 3.8) is 0 Å². The number of anilines is 1. The number of rotatable bonds is 30. The Hall–Kier alpha value is -6.95. The molecule has 29 nitrogen and oxygen atoms in total. The zero-order chi connectivity index (χ0) is 58.5. The number of aliphatic hydroxyl groups excluding tert-OH is 3. The Balaban J connectivity index is 0.00000554. The molecule has 0 bridgehead atoms. The van der Waals surface area contributed by atoms with Gasteiger partial charge in [-0.05, 0) is 46.2 Å². The number of aromatic nitrogens is 6. The molecule has 5 aromatic rings. The minimum Gasteiger partial charge on any atom is -0.857 e. The number of benzene rings is 1. The van der Waals surface area contributed by atoms with E-state index in [9.17, 15) is 49.2 Å². The van der Waals surface area contributed by atoms with Crippen molar-refractivity contribution in [3.8, 4) is 10.7 Å². The van der Waals surface area contributed by atoms with Crippen LogP contribution in [0.15, 0.2) is 58.6 Å². The summed E-state index contributed by atoms with van der Waals surface area (Å²) in [5.74, 6) is -7.59. The molecule has 0 saturated heterocycles. The van der Waals surface area contributed by atoms with Gasteiger partial charge in [-0.2, -0.15) is 0 Å². The molecular formula is C48H68CoN17O12S2-. The molecule has 0 spiro atoms. The second-order valence-electron chi connectivity index (χ2n) is 18.1. The summed E-state index contributed by atoms with van der Waals surface area (Å²) >= 11 is 2.59. The summed E-state index contributed by atoms with van der Waals surface area (Å²) in [5, 5.41) is 80.4. The fourth-order valence-corrected chi connectivity index (χ4v) is 9.07. The number of aliphatic imine (C=N–C) groups is 1. The maximum absolute atomic E-state index is 13.9. The average molecular weight is 1200 g/mol. The monoisotopic (exact) mass is 1200 g/mol. The first-order chi connectivity index (χ1) is 37.6. The van der Waals surface area contributed by atoms with Gasteiger partial charge in [0.25, 0.3) is 5.91 Å². The van der Waals surface area contributed by atoms with Gasteiger partial charge in [-0.15, -0.1) is 22.7 Å². The molecule has 5 rings (SSSR count). The van der Waals surface area contributed by atoms with Crippen LogP contribution in [0.3, 0.4) is 0 Å². The third-order valence-electron chi connectivity index (χ3n) is 12.1. The number of imidazole rings is 1. The number of nitrogens with two attached hydrogens (primary N) is 4. The topological polar surface area (TPSA) is 495 Å². The molecule has 10 atom stereocenters. The van der Waals surface area contributed by atoms with Gasteiger partial charge in [0.2, 0.25) is 29.5 Å². The van der Waals surface area contributed by atoms with Crippen LogP contribution in [0, 0.1) is 12.8 Å². The molecule has 4 aromatic heterocycles. The SMILES string of the molecule is Cc1c(N)nc(C(CC(N)=O)NCC(N)C(N)=O)nc1C([O-])=NC(C(=O)NC(C)C(O)C(C)C(=O)NC(C(=O)NCCc1nc(-c2nc(C(=O)NCCCNC(C)c3ccccc3)cs2)cs1)C(C)O)C(O)c1cnc[nH]1.OO.[Co]. The number of nitrogens with zero attached hydrogens (tertiary/aromatic N) is 6. The van der Waals surface area contributed by atoms with Crippen molar-refractivity contribution >= 4 is 69.8 Å². The van der Waals surface area contributed by atoms with E-state index in [0.717, 1.165) is 13.0 Å². The van der Waals surface area contributed by atoms with E-state index < -0.39 is 102 Å². The summed E-state index contributed by atoms with van der Waals surface area (Å²) < 4.78 is 0. The molecule has 10 unspecified atom stereocenters. The van der Waals surface area contributed by atoms with Crippen LogP contribution in [0.4, 0.5) is 5.82 Å². The van der Waals surface area contributed by atoms with Crippen LogP contribution in [0.1, 0.15) is 103 Å². The number of primary amides is 2. The van der Waals surface area contributed by atoms with Crippen molar-refractivity contribution in [1.82, 2.24) is 61.8 Å². The Kier molecular flexibility index (Phi) is 27.7. The first-order valence-electron chi connectivity index (χ1n) is 24.6. The van der Waals surface area contributed by atoms with Gasteiger partial charge in [-0.25, -0.2) is 24.9 Å². The van der Waals surface area contributed by atoms with E-state index in [2.05, 4.69) is 85.9 Å². The predicted octanol–water partition coefficient (Wildman–Crippen LogP) is -2.59. The molecular weight excluding hydrogens is 1130 g/mol. The van der Waals surface area contributed by atoms with Gasteiger partial charge in [0, 0.05) is 77.5 Å². The fraction of sp³-hybridized carbons (Fsp3) is 0.458. The first kappa shape index (κ1) is 67.3. The Labute approximate surface area is 477 Å². The minimum atomic E-state index is -1.94. The number of carbonyl (C=O) groups is 6. The van der Waals surface area contributed by atoms with E-state index in [0.29, 0.717) is 22.3 Å². The molecule has 6 amide bonds. The van der Waals surface area contributed by atoms with Crippen molar-refractivity contribution in [2.45, 2.75) is 108 Å². The first-order valence-corrected chi connectivity index (χ1v) is 26.4. The number of aromatic amines is 1. The van der Waals surface area contributed by atoms with Crippen molar-refractivity contribution < 1.29 is 76.5 Å². The van der Waals surface area contributed by atoms with Crippen molar-refractivity contribution in [3.05, 3.63) is 92.7 Å². The van der Waals surface area contributed by atoms with Crippen molar-refractivity contribution in [2.75, 3.05) is 31.9 Å². The number of aliphatic hydroxyl groups is 3. The molecule has 80 heavy (non-hydrogen) atoms. The maximum Gasteiger partial charge on any atom is 0.270 e. The van der Waals surface area contributed by atoms with Gasteiger partial charge in [-0.1, -0.05) is 37.3 Å². The number of nitrogens with one attached hydrogen (secondary N) is 7. The van der Waals surface area contributed by atoms with E-state index >= 15 is 0 Å². The number of hydrogen-bond acceptors (Lipinski definition) is 24. The molecule has 0 aliphatic heterocycles. The quantitative estimate of drug-likeness (QED) is 0.00737. The number of amides is 6. The van der Waals surface area contributed by atoms with E-state index in [1.165, 1.54) is 68.5 Å². The zero-order valence-corrected chi connectivity index (χ0v) is 46.8. The maximum atomic E-state index is 13.9. The van der Waals surface area contributed by atoms with Crippen LogP contribution in [0.5, 0.6) is 0 Å². The van der Waals surface area contributed by atoms with Crippen LogP contribution in [0.25, 0.3) is 10.7 Å². The van der Waals surface area contributed by atoms with Gasteiger partial charge in [0.15, 0.2) is 6.04 Å². The largest absolute Gasteiger partial charge is 0.857 e. The predicted molar refractivity (Wildman–Crippen MR) is 288 cm³/mol. The summed E-state index contributed by atoms with van der Waals surface area (Å²) in [6.45, 7) is 8.43. The van der Waals surface area contributed by atoms with Gasteiger partial charge < -0.3 is 80.2 Å². The molecule has 0 aliphatic carbocycles. The Morgan fingerprint density at radius 3 is 2.19 bits per heavy atom. The summed E-state index contributed by atoms with van der Waals surface area (Å²) in [4.78, 5) is 105. The van der Waals surface area contributed by atoms with Gasteiger partial charge in [0.1, 0.15) is 40.2 Å². The van der Waals surface area contributed by atoms with E-state index in [1.54, 1.807) is 10.8 Å². The van der Waals surface area contributed by atoms with Crippen LogP contribution in [-0.4, -0.2) is 160 Å². The van der Waals surface area contributed by atoms with E-state index in [1.807, 2.05) is 18.2 Å². The number of thiazole rings is 2. The minimum absolute atomic E-state index is 0. The standard InChI is InChI=1S/C48H67N17O10S2.Co.H2O2/c1-22-35(62-42(65-40(22)51)29(16-33(50)67)57-17-28(49)41(52)70)46(74)64-37(39(69)30-18-53-21-58-30)47(75)59-25(4)38(68)23(2)43(71)63-36(26(5)66)45(73)56-15-12-34-60-32(20-76-34)48-61-31(19-77-48)44(72)55-14-9-13-54-24(3)27-10-7-6-8-11-27;;1-2/h6-8,10-11,18-21,23-26,28-29,36-39,54,57,66,68-69H,9,12-17,49H2,1-5H3,(H2,50,67)(H2,52,70)(H,53,58)(H,55,72)(H,56,73)(H,59,75)(H,63,71)(H,64,74)(H2,51,62,65);;1-2H/p-1. The molecule has 4 heterocycles. The van der Waals surface area contributed by atoms with Crippen LogP contribution in [-0.2, 0) is 47.2 Å². The molecule has 0 saturated carbocycles. The Morgan fingerprint density at radius 1 is 0.850 bits per heavy atom. The van der Waals surface area contributed by atoms with Crippen LogP contribution in [0.2, 0.25) is 0 Å². The number of H-pyrrole nitrogens is 1. The zero-order valence-electron chi connectivity index (χ0n) is 44.2. The van der Waals surface area contributed by atoms with Gasteiger partial charge in [-0.3, -0.25) is 44.3 Å². The second-order valence-corrected chi connectivity index (χ2v) is 19.9. The summed E-state index contributed by atoms with van der Waals surface area (Å²) in [6.07, 6.45) is -1.91. The third-order valence-corrected chi connectivity index (χ3v) is 13.9. The van der Waals surface area contributed by atoms with Gasteiger partial charge in [0.05, 0.1) is 65.2 Å². The van der Waals surface area contributed by atoms with Crippen molar-refractivity contribution in [1.29, 1.82) is 0 Å². The molecule has 1 aromatic carbocycles. The smallest absolute Gasteiger partial charge is 0.270 e. The molecule has 439 valence electrons. The average Bonchev–Trinajstić information content (AvgIpc) is 4.25. The number of carbonyl (C=O) groups excluding carboxylic acids is 6. The summed E-state index contributed by atoms with van der Waals surface area (Å²) in [7, 11) is 0. The molecule has 20 N–H and O–H groups in total. The van der Waals surface area contributed by atoms with E-state index in [-0.39, 0.29) is 76.8 Å². The van der Waals surface area contributed by atoms with Crippen LogP contribution >= 0.6 is 22.7 Å². The molecule has 32 heteroatoms. The number of hydrogen-bond donors (Lipinski definition) is 16. The number of nitrogen functional groups attached to an aromatic ring is 1. The Morgan fingerprint density at radius 2 is 1.55 bits per heavy atom. The molecule has 1 radical (unpaired) electrons. The Bertz CT molecular complexity index is 2830. The summed E-state index contributed by atoms with van der Waals surface area (Å²) in [6, 6.07) is 3.29. The third kappa shape index (κ3) is 19.7. The van der Waals surface area contributed by atoms with Crippen LogP contribution < -0.4 is 59.9 Å².